The number of likely N-dealkylation sites (N-methyl/N-ethyl adjacent to an activating group) is 2. The number of nitrogens with zero attached hydrogens (tertiary/aromatic N) is 2. The van der Waals surface area contributed by atoms with Gasteiger partial charge < -0.3 is 50.2 Å². The summed E-state index contributed by atoms with van der Waals surface area (Å²) in [6.45, 7) is 13.9. The zero-order valence-corrected chi connectivity index (χ0v) is 42.1. The first kappa shape index (κ1) is 58.4. The van der Waals surface area contributed by atoms with Crippen LogP contribution >= 0.6 is 0 Å². The van der Waals surface area contributed by atoms with Gasteiger partial charge >= 0.3 is 6.09 Å². The lowest BCUT2D eigenvalue weighted by Crippen LogP contribution is -2.49. The first-order valence-corrected chi connectivity index (χ1v) is 24.4. The summed E-state index contributed by atoms with van der Waals surface area (Å²) in [6, 6.07) is 36.0. The topological polar surface area (TPSA) is 215 Å². The number of Topliss-reactive ketones (excluding diaryl/α,β-unsaturated/α-hetero) is 1. The molecule has 3 fully saturated rings. The molecule has 0 aromatic heterocycles. The van der Waals surface area contributed by atoms with Crippen LogP contribution in [-0.2, 0) is 28.7 Å². The third-order valence-electron chi connectivity index (χ3n) is 12.6. The number of hydrogen-bond acceptors (Lipinski definition) is 13. The van der Waals surface area contributed by atoms with E-state index >= 15 is 0 Å². The van der Waals surface area contributed by atoms with E-state index in [1.165, 1.54) is 0 Å². The number of rotatable bonds is 16. The largest absolute Gasteiger partial charge is 0.444 e. The van der Waals surface area contributed by atoms with Crippen LogP contribution in [0.15, 0.2) is 147 Å². The van der Waals surface area contributed by atoms with Crippen LogP contribution in [0.2, 0.25) is 0 Å². The number of ketones is 1. The number of carbonyl (C=O) groups excluding carboxylic acids is 5. The molecular weight excluding hydrogens is 917 g/mol. The van der Waals surface area contributed by atoms with E-state index in [4.69, 9.17) is 9.47 Å². The van der Waals surface area contributed by atoms with E-state index in [9.17, 15) is 44.4 Å². The second-order valence-corrected chi connectivity index (χ2v) is 18.9. The summed E-state index contributed by atoms with van der Waals surface area (Å²) in [4.78, 5) is 60.2. The average molecular weight is 991 g/mol. The van der Waals surface area contributed by atoms with Gasteiger partial charge in [-0.3, -0.25) is 19.3 Å². The molecule has 0 bridgehead atoms. The predicted octanol–water partition coefficient (Wildman–Crippen LogP) is 6.42. The highest BCUT2D eigenvalue weighted by molar-refractivity contribution is 6.28. The van der Waals surface area contributed by atoms with Crippen molar-refractivity contribution >= 4 is 30.4 Å². The molecule has 1 unspecified atom stereocenters. The third-order valence-corrected chi connectivity index (χ3v) is 12.6. The number of likely N-dealkylation sites (tertiary alicyclic amines) is 1. The van der Waals surface area contributed by atoms with Crippen molar-refractivity contribution in [3.63, 3.8) is 0 Å². The third kappa shape index (κ3) is 16.7. The molecule has 15 heteroatoms. The number of benzene rings is 4. The van der Waals surface area contributed by atoms with Gasteiger partial charge in [-0.25, -0.2) is 4.79 Å². The lowest BCUT2D eigenvalue weighted by atomic mass is 9.93. The summed E-state index contributed by atoms with van der Waals surface area (Å²) >= 11 is 0. The average Bonchev–Trinajstić information content (AvgIpc) is 4.14. The maximum absolute atomic E-state index is 13.2. The number of nitrogens with one attached hydrogen (secondary N) is 2. The number of ether oxygens (including phenoxy) is 2. The molecule has 0 radical (unpaired) electrons. The Labute approximate surface area is 424 Å². The van der Waals surface area contributed by atoms with Gasteiger partial charge in [-0.1, -0.05) is 133 Å². The number of aliphatic hydroxyl groups excluding tert-OH is 4. The highest BCUT2D eigenvalue weighted by Crippen LogP contribution is 2.35. The molecule has 4 aromatic carbocycles. The summed E-state index contributed by atoms with van der Waals surface area (Å²) in [6.07, 6.45) is 3.34. The minimum absolute atomic E-state index is 0.0333. The molecule has 4 aromatic rings. The van der Waals surface area contributed by atoms with Crippen molar-refractivity contribution in [3.05, 3.63) is 169 Å². The first-order valence-electron chi connectivity index (χ1n) is 24.4. The summed E-state index contributed by atoms with van der Waals surface area (Å²) in [5.74, 6) is -1.42. The van der Waals surface area contributed by atoms with Crippen LogP contribution in [0.25, 0.3) is 0 Å². The van der Waals surface area contributed by atoms with Crippen molar-refractivity contribution < 1.29 is 53.9 Å². The van der Waals surface area contributed by atoms with Crippen molar-refractivity contribution in [1.82, 2.24) is 20.4 Å². The number of hydrogen-bond donors (Lipinski definition) is 6. The van der Waals surface area contributed by atoms with Crippen LogP contribution in [0.5, 0.6) is 0 Å². The van der Waals surface area contributed by atoms with Gasteiger partial charge in [0.1, 0.15) is 36.2 Å². The Balaban J connectivity index is 0.000000225. The minimum Gasteiger partial charge on any atom is -0.444 e. The number of carbonyl (C=O) groups is 5. The van der Waals surface area contributed by atoms with E-state index in [0.29, 0.717) is 19.4 Å². The van der Waals surface area contributed by atoms with Crippen LogP contribution in [0, 0.1) is 11.8 Å². The van der Waals surface area contributed by atoms with Crippen molar-refractivity contribution in [2.24, 2.45) is 11.8 Å². The summed E-state index contributed by atoms with van der Waals surface area (Å²) < 4.78 is 10.1. The molecule has 388 valence electrons. The summed E-state index contributed by atoms with van der Waals surface area (Å²) in [5, 5.41) is 48.5. The maximum atomic E-state index is 13.2. The first-order chi connectivity index (χ1) is 34.5. The lowest BCUT2D eigenvalue weighted by molar-refractivity contribution is -0.139. The predicted molar refractivity (Wildman–Crippen MR) is 276 cm³/mol. The molecular formula is C57H74N4O11. The highest BCUT2D eigenvalue weighted by atomic mass is 16.6. The number of aliphatic hydroxyl groups is 4. The molecule has 3 aliphatic heterocycles. The zero-order valence-electron chi connectivity index (χ0n) is 42.1. The fourth-order valence-corrected chi connectivity index (χ4v) is 8.88. The van der Waals surface area contributed by atoms with Gasteiger partial charge in [0.05, 0.1) is 30.4 Å². The van der Waals surface area contributed by atoms with Gasteiger partial charge in [0.15, 0.2) is 6.29 Å². The van der Waals surface area contributed by atoms with E-state index in [0.717, 1.165) is 52.9 Å². The smallest absolute Gasteiger partial charge is 0.411 e. The van der Waals surface area contributed by atoms with Gasteiger partial charge in [0.2, 0.25) is 11.7 Å². The van der Waals surface area contributed by atoms with Gasteiger partial charge in [0.25, 0.3) is 0 Å². The van der Waals surface area contributed by atoms with Gasteiger partial charge in [-0.2, -0.15) is 0 Å². The Hall–Kier alpha value is -6.17. The quantitative estimate of drug-likeness (QED) is 0.0407. The monoisotopic (exact) mass is 991 g/mol. The van der Waals surface area contributed by atoms with Crippen molar-refractivity contribution in [2.45, 2.75) is 107 Å². The lowest BCUT2D eigenvalue weighted by Gasteiger charge is -2.35. The molecule has 3 aliphatic rings. The Morgan fingerprint density at radius 3 is 1.74 bits per heavy atom. The molecule has 0 saturated carbocycles. The molecule has 11 atom stereocenters. The van der Waals surface area contributed by atoms with E-state index in [-0.39, 0.29) is 42.7 Å². The van der Waals surface area contributed by atoms with Crippen LogP contribution in [0.3, 0.4) is 0 Å². The normalized spacial score (nSPS) is 22.8. The van der Waals surface area contributed by atoms with Crippen LogP contribution in [-0.4, -0.2) is 130 Å². The van der Waals surface area contributed by atoms with Gasteiger partial charge in [-0.05, 0) is 75.8 Å². The Bertz CT molecular complexity index is 2280. The minimum atomic E-state index is -1.17. The second kappa shape index (κ2) is 29.4. The van der Waals surface area contributed by atoms with E-state index in [1.807, 2.05) is 128 Å². The van der Waals surface area contributed by atoms with E-state index in [2.05, 4.69) is 23.8 Å². The van der Waals surface area contributed by atoms with E-state index in [1.54, 1.807) is 44.9 Å². The molecule has 15 nitrogen and oxygen atoms in total. The molecule has 0 spiro atoms. The second-order valence-electron chi connectivity index (χ2n) is 18.9. The number of aldehydes is 2. The Morgan fingerprint density at radius 2 is 1.29 bits per heavy atom. The Morgan fingerprint density at radius 1 is 0.792 bits per heavy atom. The molecule has 6 N–H and O–H groups in total. The van der Waals surface area contributed by atoms with Crippen LogP contribution in [0.4, 0.5) is 4.79 Å². The SMILES string of the molecule is C=CC[C@H]1CN(C(=O)OC(C)(C)C)[C@H](C(=O)C=O)[C@@H]1O.C=CC[C@H]1CN[C@H](C(=O)N(C)[C@H](c2ccccc2)[C@H](O)c2ccccc2)[C@@H]1O.CN[C@H](c1ccccc1)[C@H](O)c1ccccc1.O=CC1CCCO1. The van der Waals surface area contributed by atoms with Crippen molar-refractivity contribution in [1.29, 1.82) is 0 Å². The van der Waals surface area contributed by atoms with E-state index < -0.39 is 60.0 Å². The number of amides is 2. The van der Waals surface area contributed by atoms with Crippen LogP contribution in [0.1, 0.15) is 93.0 Å². The summed E-state index contributed by atoms with van der Waals surface area (Å²) in [7, 11) is 3.55. The highest BCUT2D eigenvalue weighted by Gasteiger charge is 2.47. The fraction of sp³-hybridized carbons (Fsp3) is 0.421. The molecule has 0 aliphatic carbocycles. The zero-order chi connectivity index (χ0) is 52.8. The molecule has 7 rings (SSSR count). The Kier molecular flexibility index (Phi) is 23.8. The van der Waals surface area contributed by atoms with Crippen molar-refractivity contribution in [2.75, 3.05) is 33.8 Å². The van der Waals surface area contributed by atoms with Gasteiger partial charge in [-0.15, -0.1) is 13.2 Å². The van der Waals surface area contributed by atoms with Gasteiger partial charge in [0, 0.05) is 38.6 Å². The molecule has 3 saturated heterocycles. The molecule has 3 heterocycles. The maximum Gasteiger partial charge on any atom is 0.411 e. The number of allylic oxidation sites excluding steroid dienone is 2. The summed E-state index contributed by atoms with van der Waals surface area (Å²) in [5.41, 5.74) is 2.88. The molecule has 2 amide bonds. The molecule has 72 heavy (non-hydrogen) atoms. The fourth-order valence-electron chi connectivity index (χ4n) is 8.88. The van der Waals surface area contributed by atoms with Crippen LogP contribution < -0.4 is 10.6 Å². The van der Waals surface area contributed by atoms with Crippen molar-refractivity contribution in [3.8, 4) is 0 Å². The standard InChI is InChI=1S/C23H28N2O3.C15H17NO.C14H21NO5.C5H8O2/c1-3-10-18-15-24-19(21(18)26)23(28)25(2)20(16-11-6-4-7-12-16)22(27)17-13-8-5-9-14-17;1-16-14(12-8-4-2-5-9-12)15(17)13-10-6-3-7-11-13;1-5-6-9-7-15(13(19)20-14(2,3)4)11(12(9)18)10(17)8-16;6-4-5-2-1-3-7-5/h3-9,11-14,18-22,24,26-27H,1,10,15H2,2H3;2-11,14-17H,1H3;5,8-9,11-12,18H,1,6-7H2,2-4H3;4-5H,1-3H2/t18-,19-,20+,21+,22+;14-,15-;9-,11+,12+;/m010./s1.